The Morgan fingerprint density at radius 1 is 1.19 bits per heavy atom. The summed E-state index contributed by atoms with van der Waals surface area (Å²) >= 11 is 0. The third kappa shape index (κ3) is 2.31. The topological polar surface area (TPSA) is 41.6 Å². The smallest absolute Gasteiger partial charge is 0.230 e. The van der Waals surface area contributed by atoms with Crippen LogP contribution >= 0.6 is 0 Å². The highest BCUT2D eigenvalue weighted by Gasteiger charge is 2.41. The van der Waals surface area contributed by atoms with Crippen molar-refractivity contribution in [2.24, 2.45) is 5.92 Å². The van der Waals surface area contributed by atoms with E-state index in [1.165, 1.54) is 12.0 Å². The third-order valence-corrected chi connectivity index (χ3v) is 5.14. The molecule has 0 spiro atoms. The van der Waals surface area contributed by atoms with E-state index in [9.17, 15) is 4.79 Å². The molecule has 3 atom stereocenters. The molecule has 4 rings (SSSR count). The second-order valence-electron chi connectivity index (χ2n) is 6.44. The van der Waals surface area contributed by atoms with Crippen LogP contribution in [0.15, 0.2) is 24.3 Å². The number of carbonyl (C=O) groups excluding carboxylic acids is 1. The molecule has 2 fully saturated rings. The van der Waals surface area contributed by atoms with Gasteiger partial charge in [0, 0.05) is 18.6 Å². The highest BCUT2D eigenvalue weighted by Crippen LogP contribution is 2.33. The SMILES string of the molecule is O=C(C1COc2ccccc2C1)N1C2CCNCC1CC2. The minimum atomic E-state index is -0.0129. The zero-order valence-electron chi connectivity index (χ0n) is 12.3. The fourth-order valence-corrected chi connectivity index (χ4v) is 4.04. The number of para-hydroxylation sites is 1. The molecule has 1 N–H and O–H groups in total. The zero-order chi connectivity index (χ0) is 14.2. The van der Waals surface area contributed by atoms with Gasteiger partial charge in [-0.25, -0.2) is 0 Å². The first kappa shape index (κ1) is 13.1. The van der Waals surface area contributed by atoms with Crippen molar-refractivity contribution in [3.63, 3.8) is 0 Å². The predicted octanol–water partition coefficient (Wildman–Crippen LogP) is 1.59. The van der Waals surface area contributed by atoms with E-state index >= 15 is 0 Å². The molecule has 3 aliphatic rings. The van der Waals surface area contributed by atoms with Gasteiger partial charge in [0.1, 0.15) is 12.4 Å². The molecule has 2 bridgehead atoms. The Labute approximate surface area is 125 Å². The summed E-state index contributed by atoms with van der Waals surface area (Å²) in [6, 6.07) is 8.91. The van der Waals surface area contributed by atoms with Crippen LogP contribution < -0.4 is 10.1 Å². The van der Waals surface area contributed by atoms with Crippen molar-refractivity contribution < 1.29 is 9.53 Å². The van der Waals surface area contributed by atoms with E-state index in [1.807, 2.05) is 18.2 Å². The zero-order valence-corrected chi connectivity index (χ0v) is 12.3. The molecule has 1 aromatic rings. The summed E-state index contributed by atoms with van der Waals surface area (Å²) < 4.78 is 5.81. The van der Waals surface area contributed by atoms with E-state index in [1.54, 1.807) is 0 Å². The van der Waals surface area contributed by atoms with Gasteiger partial charge in [-0.2, -0.15) is 0 Å². The van der Waals surface area contributed by atoms with Crippen molar-refractivity contribution in [1.82, 2.24) is 10.2 Å². The summed E-state index contributed by atoms with van der Waals surface area (Å²) in [6.07, 6.45) is 4.22. The number of nitrogens with zero attached hydrogens (tertiary/aromatic N) is 1. The first-order chi connectivity index (χ1) is 10.3. The van der Waals surface area contributed by atoms with Crippen molar-refractivity contribution in [1.29, 1.82) is 0 Å². The Balaban J connectivity index is 1.53. The van der Waals surface area contributed by atoms with Crippen LogP contribution in [0.2, 0.25) is 0 Å². The van der Waals surface area contributed by atoms with E-state index in [0.717, 1.165) is 38.1 Å². The molecule has 2 saturated heterocycles. The molecule has 0 saturated carbocycles. The summed E-state index contributed by atoms with van der Waals surface area (Å²) in [5.74, 6) is 1.24. The van der Waals surface area contributed by atoms with Gasteiger partial charge in [-0.15, -0.1) is 0 Å². The van der Waals surface area contributed by atoms with Crippen LogP contribution in [0.1, 0.15) is 24.8 Å². The number of carbonyl (C=O) groups is 1. The average molecular weight is 286 g/mol. The Hall–Kier alpha value is -1.55. The Kier molecular flexibility index (Phi) is 3.34. The standard InChI is InChI=1S/C17H22N2O2/c20-17(19-14-5-6-15(19)10-18-8-7-14)13-9-12-3-1-2-4-16(12)21-11-13/h1-4,13-15,18H,5-11H2. The lowest BCUT2D eigenvalue weighted by molar-refractivity contribution is -0.139. The molecule has 3 heterocycles. The lowest BCUT2D eigenvalue weighted by atomic mass is 9.95. The number of amides is 1. The van der Waals surface area contributed by atoms with Gasteiger partial charge in [0.25, 0.3) is 0 Å². The van der Waals surface area contributed by atoms with E-state index in [4.69, 9.17) is 4.74 Å². The fraction of sp³-hybridized carbons (Fsp3) is 0.588. The molecule has 21 heavy (non-hydrogen) atoms. The molecule has 0 aliphatic carbocycles. The second kappa shape index (κ2) is 5.34. The monoisotopic (exact) mass is 286 g/mol. The summed E-state index contributed by atoms with van der Waals surface area (Å²) in [5, 5.41) is 3.46. The molecule has 3 unspecified atom stereocenters. The molecule has 1 aromatic carbocycles. The number of nitrogens with one attached hydrogen (secondary N) is 1. The Morgan fingerprint density at radius 3 is 3.00 bits per heavy atom. The molecule has 0 radical (unpaired) electrons. The van der Waals surface area contributed by atoms with Gasteiger partial charge in [0.05, 0.1) is 5.92 Å². The normalized spacial score (nSPS) is 31.2. The van der Waals surface area contributed by atoms with Crippen LogP contribution in [0.3, 0.4) is 0 Å². The summed E-state index contributed by atoms with van der Waals surface area (Å²) in [6.45, 7) is 2.51. The lowest BCUT2D eigenvalue weighted by Crippen LogP contribution is -2.47. The largest absolute Gasteiger partial charge is 0.492 e. The number of hydrogen-bond donors (Lipinski definition) is 1. The van der Waals surface area contributed by atoms with Crippen molar-refractivity contribution in [3.8, 4) is 5.75 Å². The maximum absolute atomic E-state index is 13.0. The molecule has 0 aromatic heterocycles. The van der Waals surface area contributed by atoms with E-state index < -0.39 is 0 Å². The first-order valence-electron chi connectivity index (χ1n) is 8.06. The van der Waals surface area contributed by atoms with Crippen LogP contribution in [0, 0.1) is 5.92 Å². The van der Waals surface area contributed by atoms with Crippen LogP contribution in [-0.4, -0.2) is 42.6 Å². The number of hydrogen-bond acceptors (Lipinski definition) is 3. The highest BCUT2D eigenvalue weighted by atomic mass is 16.5. The van der Waals surface area contributed by atoms with Gasteiger partial charge < -0.3 is 15.0 Å². The third-order valence-electron chi connectivity index (χ3n) is 5.14. The number of benzene rings is 1. The number of rotatable bonds is 1. The Morgan fingerprint density at radius 2 is 2.05 bits per heavy atom. The maximum atomic E-state index is 13.0. The van der Waals surface area contributed by atoms with Gasteiger partial charge in [0.2, 0.25) is 5.91 Å². The summed E-state index contributed by atoms with van der Waals surface area (Å²) in [7, 11) is 0. The molecule has 1 amide bonds. The van der Waals surface area contributed by atoms with Crippen molar-refractivity contribution in [3.05, 3.63) is 29.8 Å². The van der Waals surface area contributed by atoms with Gasteiger partial charge in [-0.3, -0.25) is 4.79 Å². The van der Waals surface area contributed by atoms with Gasteiger partial charge in [-0.05, 0) is 43.9 Å². The quantitative estimate of drug-likeness (QED) is 0.852. The second-order valence-corrected chi connectivity index (χ2v) is 6.44. The van der Waals surface area contributed by atoms with E-state index in [-0.39, 0.29) is 5.92 Å². The van der Waals surface area contributed by atoms with Crippen LogP contribution in [0.4, 0.5) is 0 Å². The van der Waals surface area contributed by atoms with Crippen molar-refractivity contribution in [2.45, 2.75) is 37.8 Å². The number of ether oxygens (including phenoxy) is 1. The molecular weight excluding hydrogens is 264 g/mol. The van der Waals surface area contributed by atoms with Crippen LogP contribution in [-0.2, 0) is 11.2 Å². The average Bonchev–Trinajstić information content (AvgIpc) is 2.79. The fourth-order valence-electron chi connectivity index (χ4n) is 4.04. The van der Waals surface area contributed by atoms with Gasteiger partial charge in [-0.1, -0.05) is 18.2 Å². The van der Waals surface area contributed by atoms with E-state index in [2.05, 4.69) is 16.3 Å². The molecule has 3 aliphatic heterocycles. The molecule has 4 heteroatoms. The highest BCUT2D eigenvalue weighted by molar-refractivity contribution is 5.81. The number of fused-ring (bicyclic) bond motifs is 3. The van der Waals surface area contributed by atoms with Crippen molar-refractivity contribution >= 4 is 5.91 Å². The summed E-state index contributed by atoms with van der Waals surface area (Å²) in [5.41, 5.74) is 1.17. The van der Waals surface area contributed by atoms with Crippen molar-refractivity contribution in [2.75, 3.05) is 19.7 Å². The summed E-state index contributed by atoms with van der Waals surface area (Å²) in [4.78, 5) is 15.2. The van der Waals surface area contributed by atoms with Crippen LogP contribution in [0.25, 0.3) is 0 Å². The first-order valence-corrected chi connectivity index (χ1v) is 8.06. The Bertz CT molecular complexity index is 531. The molecular formula is C17H22N2O2. The lowest BCUT2D eigenvalue weighted by Gasteiger charge is -2.33. The minimum Gasteiger partial charge on any atom is -0.492 e. The molecule has 4 nitrogen and oxygen atoms in total. The molecule has 112 valence electrons. The van der Waals surface area contributed by atoms with Gasteiger partial charge >= 0.3 is 0 Å². The van der Waals surface area contributed by atoms with Crippen LogP contribution in [0.5, 0.6) is 5.75 Å². The predicted molar refractivity (Wildman–Crippen MR) is 80.3 cm³/mol. The van der Waals surface area contributed by atoms with Gasteiger partial charge in [0.15, 0.2) is 0 Å². The maximum Gasteiger partial charge on any atom is 0.230 e. The minimum absolute atomic E-state index is 0.0129. The van der Waals surface area contributed by atoms with E-state index in [0.29, 0.717) is 24.6 Å².